The lowest BCUT2D eigenvalue weighted by molar-refractivity contribution is 0.409. The van der Waals surface area contributed by atoms with Gasteiger partial charge in [0.25, 0.3) is 0 Å². The fourth-order valence-corrected chi connectivity index (χ4v) is 3.30. The molecule has 0 fully saturated rings. The van der Waals surface area contributed by atoms with Gasteiger partial charge in [-0.3, -0.25) is 4.68 Å². The number of hydrogen-bond donors (Lipinski definition) is 2. The lowest BCUT2D eigenvalue weighted by Gasteiger charge is -2.13. The number of benzene rings is 1. The normalized spacial score (nSPS) is 11.1. The fourth-order valence-electron chi connectivity index (χ4n) is 3.30. The highest BCUT2D eigenvalue weighted by atomic mass is 127. The van der Waals surface area contributed by atoms with Crippen molar-refractivity contribution in [3.63, 3.8) is 0 Å². The second kappa shape index (κ2) is 12.6. The summed E-state index contributed by atoms with van der Waals surface area (Å²) in [7, 11) is 3.73. The Morgan fingerprint density at radius 3 is 2.54 bits per heavy atom. The van der Waals surface area contributed by atoms with E-state index < -0.39 is 0 Å². The van der Waals surface area contributed by atoms with E-state index in [9.17, 15) is 0 Å². The molecule has 0 radical (unpaired) electrons. The maximum absolute atomic E-state index is 5.43. The molecule has 7 heteroatoms. The average molecular weight is 499 g/mol. The number of rotatable bonds is 9. The van der Waals surface area contributed by atoms with Crippen molar-refractivity contribution in [3.05, 3.63) is 46.8 Å². The summed E-state index contributed by atoms with van der Waals surface area (Å²) in [4.78, 5) is 4.80. The number of halogens is 1. The minimum Gasteiger partial charge on any atom is -0.496 e. The summed E-state index contributed by atoms with van der Waals surface area (Å²) in [5.41, 5.74) is 4.85. The summed E-state index contributed by atoms with van der Waals surface area (Å²) in [5, 5.41) is 11.4. The monoisotopic (exact) mass is 499 g/mol. The van der Waals surface area contributed by atoms with Gasteiger partial charge in [-0.25, -0.2) is 4.99 Å². The number of nitrogens with one attached hydrogen (secondary N) is 2. The first kappa shape index (κ1) is 24.3. The number of hydrogen-bond acceptors (Lipinski definition) is 3. The first-order valence-electron chi connectivity index (χ1n) is 9.82. The summed E-state index contributed by atoms with van der Waals surface area (Å²) in [6.45, 7) is 8.65. The van der Waals surface area contributed by atoms with Gasteiger partial charge in [-0.05, 0) is 37.8 Å². The maximum atomic E-state index is 5.43. The molecule has 1 aromatic heterocycles. The van der Waals surface area contributed by atoms with Crippen LogP contribution in [0.2, 0.25) is 0 Å². The van der Waals surface area contributed by atoms with Crippen LogP contribution in [-0.2, 0) is 32.9 Å². The van der Waals surface area contributed by atoms with E-state index in [-0.39, 0.29) is 24.0 Å². The maximum Gasteiger partial charge on any atom is 0.191 e. The highest BCUT2D eigenvalue weighted by Gasteiger charge is 2.13. The summed E-state index contributed by atoms with van der Waals surface area (Å²) >= 11 is 0. The van der Waals surface area contributed by atoms with Crippen molar-refractivity contribution in [3.8, 4) is 5.75 Å². The molecule has 0 aliphatic heterocycles. The zero-order valence-corrected chi connectivity index (χ0v) is 20.0. The lowest BCUT2D eigenvalue weighted by Crippen LogP contribution is -2.38. The van der Waals surface area contributed by atoms with Gasteiger partial charge in [0, 0.05) is 31.4 Å². The van der Waals surface area contributed by atoms with Crippen LogP contribution in [0, 0.1) is 0 Å². The van der Waals surface area contributed by atoms with Crippen molar-refractivity contribution in [1.29, 1.82) is 0 Å². The molecule has 2 N–H and O–H groups in total. The van der Waals surface area contributed by atoms with Crippen molar-refractivity contribution in [2.75, 3.05) is 20.2 Å². The highest BCUT2D eigenvalue weighted by molar-refractivity contribution is 14.0. The molecule has 0 aliphatic rings. The van der Waals surface area contributed by atoms with Crippen LogP contribution in [0.4, 0.5) is 0 Å². The molecule has 1 aromatic carbocycles. The number of para-hydroxylation sites is 1. The second-order valence-corrected chi connectivity index (χ2v) is 6.39. The standard InChI is InChI=1S/C21H33N5O.HI/c1-6-18-17(19(7-2)26(4)25-18)15-24-21(22-8-3)23-14-13-16-11-9-10-12-20(16)27-5;/h9-12H,6-8,13-15H2,1-5H3,(H2,22,23,24);1H. The fraction of sp³-hybridized carbons (Fsp3) is 0.524. The van der Waals surface area contributed by atoms with Crippen LogP contribution in [0.3, 0.4) is 0 Å². The van der Waals surface area contributed by atoms with Crippen LogP contribution in [0.1, 0.15) is 43.3 Å². The van der Waals surface area contributed by atoms with Crippen molar-refractivity contribution in [1.82, 2.24) is 20.4 Å². The third-order valence-corrected chi connectivity index (χ3v) is 4.65. The average Bonchev–Trinajstić information content (AvgIpc) is 3.00. The third kappa shape index (κ3) is 6.39. The van der Waals surface area contributed by atoms with Gasteiger partial charge in [0.15, 0.2) is 5.96 Å². The molecule has 2 aromatic rings. The van der Waals surface area contributed by atoms with Crippen molar-refractivity contribution in [2.24, 2.45) is 12.0 Å². The summed E-state index contributed by atoms with van der Waals surface area (Å²) in [6, 6.07) is 8.13. The van der Waals surface area contributed by atoms with E-state index in [1.54, 1.807) is 7.11 Å². The van der Waals surface area contributed by atoms with Crippen molar-refractivity contribution >= 4 is 29.9 Å². The van der Waals surface area contributed by atoms with E-state index >= 15 is 0 Å². The summed E-state index contributed by atoms with van der Waals surface area (Å²) < 4.78 is 7.42. The van der Waals surface area contributed by atoms with Crippen LogP contribution < -0.4 is 15.4 Å². The Hall–Kier alpha value is -1.77. The largest absolute Gasteiger partial charge is 0.496 e. The molecule has 0 amide bonds. The predicted octanol–water partition coefficient (Wildman–Crippen LogP) is 3.47. The predicted molar refractivity (Wildman–Crippen MR) is 127 cm³/mol. The Kier molecular flexibility index (Phi) is 11.0. The molecule has 156 valence electrons. The Morgan fingerprint density at radius 2 is 1.89 bits per heavy atom. The van der Waals surface area contributed by atoms with Crippen LogP contribution in [0.15, 0.2) is 29.3 Å². The quantitative estimate of drug-likeness (QED) is 0.315. The van der Waals surface area contributed by atoms with Gasteiger partial charge in [-0.15, -0.1) is 24.0 Å². The van der Waals surface area contributed by atoms with Gasteiger partial charge < -0.3 is 15.4 Å². The van der Waals surface area contributed by atoms with Crippen molar-refractivity contribution in [2.45, 2.75) is 46.6 Å². The van der Waals surface area contributed by atoms with Gasteiger partial charge in [0.2, 0.25) is 0 Å². The molecule has 0 spiro atoms. The lowest BCUT2D eigenvalue weighted by atomic mass is 10.1. The second-order valence-electron chi connectivity index (χ2n) is 6.39. The molecule has 0 saturated heterocycles. The van der Waals surface area contributed by atoms with Gasteiger partial charge in [-0.1, -0.05) is 32.0 Å². The Morgan fingerprint density at radius 1 is 1.14 bits per heavy atom. The molecule has 0 bridgehead atoms. The number of aliphatic imine (C=N–C) groups is 1. The molecule has 1 heterocycles. The number of aromatic nitrogens is 2. The first-order valence-corrected chi connectivity index (χ1v) is 9.82. The minimum atomic E-state index is 0. The molecule has 28 heavy (non-hydrogen) atoms. The Balaban J connectivity index is 0.00000392. The van der Waals surface area contributed by atoms with Crippen molar-refractivity contribution < 1.29 is 4.74 Å². The van der Waals surface area contributed by atoms with Crippen LogP contribution in [-0.4, -0.2) is 35.9 Å². The number of ether oxygens (including phenoxy) is 1. The van der Waals surface area contributed by atoms with E-state index in [0.29, 0.717) is 6.54 Å². The van der Waals surface area contributed by atoms with E-state index in [0.717, 1.165) is 49.8 Å². The Bertz CT molecular complexity index is 757. The van der Waals surface area contributed by atoms with E-state index in [4.69, 9.17) is 9.73 Å². The minimum absolute atomic E-state index is 0. The topological polar surface area (TPSA) is 63.5 Å². The van der Waals surface area contributed by atoms with Crippen LogP contribution in [0.25, 0.3) is 0 Å². The molecule has 2 rings (SSSR count). The molecular weight excluding hydrogens is 465 g/mol. The van der Waals surface area contributed by atoms with Crippen LogP contribution in [0.5, 0.6) is 5.75 Å². The first-order chi connectivity index (χ1) is 13.1. The molecular formula is C21H34IN5O. The third-order valence-electron chi connectivity index (χ3n) is 4.65. The Labute approximate surface area is 186 Å². The van der Waals surface area contributed by atoms with Gasteiger partial charge >= 0.3 is 0 Å². The molecule has 0 atom stereocenters. The van der Waals surface area contributed by atoms with Crippen LogP contribution >= 0.6 is 24.0 Å². The highest BCUT2D eigenvalue weighted by Crippen LogP contribution is 2.18. The summed E-state index contributed by atoms with van der Waals surface area (Å²) in [5.74, 6) is 1.76. The number of methoxy groups -OCH3 is 1. The summed E-state index contributed by atoms with van der Waals surface area (Å²) in [6.07, 6.45) is 2.77. The number of aryl methyl sites for hydroxylation is 2. The molecule has 6 nitrogen and oxygen atoms in total. The van der Waals surface area contributed by atoms with E-state index in [2.05, 4.69) is 42.6 Å². The number of nitrogens with zero attached hydrogens (tertiary/aromatic N) is 3. The molecule has 0 unspecified atom stereocenters. The van der Waals surface area contributed by atoms with Gasteiger partial charge in [0.1, 0.15) is 5.75 Å². The number of guanidine groups is 1. The zero-order chi connectivity index (χ0) is 19.6. The van der Waals surface area contributed by atoms with Gasteiger partial charge in [-0.2, -0.15) is 5.10 Å². The van der Waals surface area contributed by atoms with E-state index in [1.807, 2.05) is 29.9 Å². The van der Waals surface area contributed by atoms with E-state index in [1.165, 1.54) is 16.8 Å². The molecule has 0 aliphatic carbocycles. The smallest absolute Gasteiger partial charge is 0.191 e. The van der Waals surface area contributed by atoms with Gasteiger partial charge in [0.05, 0.1) is 19.3 Å². The zero-order valence-electron chi connectivity index (χ0n) is 17.7. The molecule has 0 saturated carbocycles. The SMILES string of the molecule is CCNC(=NCc1c(CC)nn(C)c1CC)NCCc1ccccc1OC.I.